The third-order valence-corrected chi connectivity index (χ3v) is 4.72. The fraction of sp³-hybridized carbons (Fsp3) is 0.278. The summed E-state index contributed by atoms with van der Waals surface area (Å²) in [5.74, 6) is 0. The zero-order valence-electron chi connectivity index (χ0n) is 13.4. The molecule has 25 heavy (non-hydrogen) atoms. The smallest absolute Gasteiger partial charge is 0.408 e. The van der Waals surface area contributed by atoms with E-state index in [1.807, 2.05) is 37.3 Å². The fourth-order valence-electron chi connectivity index (χ4n) is 2.35. The lowest BCUT2D eigenvalue weighted by Gasteiger charge is -2.26. The van der Waals surface area contributed by atoms with Gasteiger partial charge in [-0.25, -0.2) is 4.79 Å². The number of ether oxygens (including phenoxy) is 1. The summed E-state index contributed by atoms with van der Waals surface area (Å²) in [7, 11) is 0. The lowest BCUT2D eigenvalue weighted by atomic mass is 10.1. The van der Waals surface area contributed by atoms with Crippen LogP contribution in [0.1, 0.15) is 36.6 Å². The highest BCUT2D eigenvalue weighted by molar-refractivity contribution is 9.10. The van der Waals surface area contributed by atoms with Gasteiger partial charge < -0.3 is 10.1 Å². The van der Waals surface area contributed by atoms with E-state index in [1.165, 1.54) is 0 Å². The molecule has 7 heteroatoms. The van der Waals surface area contributed by atoms with Crippen LogP contribution >= 0.6 is 50.7 Å². The molecule has 2 aromatic carbocycles. The molecule has 0 saturated heterocycles. The van der Waals surface area contributed by atoms with E-state index in [0.717, 1.165) is 10.0 Å². The second kappa shape index (κ2) is 9.13. The maximum atomic E-state index is 12.4. The molecule has 2 atom stereocenters. The molecule has 0 unspecified atom stereocenters. The van der Waals surface area contributed by atoms with Gasteiger partial charge in [-0.15, -0.1) is 0 Å². The molecule has 0 spiro atoms. The molecule has 0 aromatic heterocycles. The summed E-state index contributed by atoms with van der Waals surface area (Å²) < 4.78 is 4.61. The molecular weight excluding hydrogens is 448 g/mol. The van der Waals surface area contributed by atoms with Crippen LogP contribution in [-0.2, 0) is 4.74 Å². The molecule has 0 radical (unpaired) electrons. The Morgan fingerprint density at radius 2 is 1.68 bits per heavy atom. The molecule has 3 nitrogen and oxygen atoms in total. The van der Waals surface area contributed by atoms with E-state index < -0.39 is 16.0 Å². The number of amides is 1. The number of benzene rings is 2. The van der Waals surface area contributed by atoms with E-state index in [9.17, 15) is 4.79 Å². The van der Waals surface area contributed by atoms with Crippen molar-refractivity contribution in [2.24, 2.45) is 0 Å². The molecule has 0 aliphatic carbocycles. The summed E-state index contributed by atoms with van der Waals surface area (Å²) in [6.45, 7) is 1.97. The molecule has 0 aliphatic heterocycles. The van der Waals surface area contributed by atoms with Crippen molar-refractivity contribution in [3.05, 3.63) is 70.2 Å². The Labute approximate surface area is 170 Å². The number of alkyl carbamates (subject to hydrolysis) is 1. The lowest BCUT2D eigenvalue weighted by molar-refractivity contribution is 0.0958. The van der Waals surface area contributed by atoms with E-state index in [0.29, 0.717) is 12.0 Å². The Kier molecular flexibility index (Phi) is 7.44. The molecule has 1 amide bonds. The largest absolute Gasteiger partial charge is 0.437 e. The first kappa shape index (κ1) is 20.4. The minimum Gasteiger partial charge on any atom is -0.437 e. The monoisotopic (exact) mass is 463 g/mol. The Bertz CT molecular complexity index is 690. The molecular formula is C18H17BrCl3NO2. The van der Waals surface area contributed by atoms with Crippen LogP contribution in [0.15, 0.2) is 59.1 Å². The summed E-state index contributed by atoms with van der Waals surface area (Å²) in [4.78, 5) is 12.4. The van der Waals surface area contributed by atoms with Gasteiger partial charge in [0.15, 0.2) is 6.10 Å². The van der Waals surface area contributed by atoms with Crippen molar-refractivity contribution in [2.45, 2.75) is 29.3 Å². The van der Waals surface area contributed by atoms with Crippen molar-refractivity contribution in [3.8, 4) is 0 Å². The second-order valence-corrected chi connectivity index (χ2v) is 8.68. The molecule has 0 aliphatic rings. The van der Waals surface area contributed by atoms with Crippen LogP contribution in [0.5, 0.6) is 0 Å². The first-order valence-corrected chi connectivity index (χ1v) is 9.58. The van der Waals surface area contributed by atoms with Gasteiger partial charge >= 0.3 is 6.09 Å². The quantitative estimate of drug-likeness (QED) is 0.497. The highest BCUT2D eigenvalue weighted by atomic mass is 79.9. The highest BCUT2D eigenvalue weighted by Crippen LogP contribution is 2.42. The molecule has 0 heterocycles. The minimum atomic E-state index is -1.78. The number of hydrogen-bond acceptors (Lipinski definition) is 2. The van der Waals surface area contributed by atoms with Crippen molar-refractivity contribution in [1.82, 2.24) is 5.32 Å². The fourth-order valence-corrected chi connectivity index (χ4v) is 3.13. The Morgan fingerprint density at radius 3 is 2.20 bits per heavy atom. The van der Waals surface area contributed by atoms with Gasteiger partial charge in [-0.3, -0.25) is 0 Å². The SMILES string of the molecule is CC[C@@H](NC(=O)O[C@H](c1ccccc1)C(Cl)(Cl)Cl)c1ccc(Br)cc1. The summed E-state index contributed by atoms with van der Waals surface area (Å²) >= 11 is 21.4. The second-order valence-electron chi connectivity index (χ2n) is 5.39. The highest BCUT2D eigenvalue weighted by Gasteiger charge is 2.37. The molecule has 0 saturated carbocycles. The number of carbonyl (C=O) groups is 1. The zero-order chi connectivity index (χ0) is 18.4. The minimum absolute atomic E-state index is 0.201. The van der Waals surface area contributed by atoms with Crippen LogP contribution in [0.25, 0.3) is 0 Å². The van der Waals surface area contributed by atoms with Crippen LogP contribution in [-0.4, -0.2) is 9.89 Å². The third-order valence-electron chi connectivity index (χ3n) is 3.60. The number of hydrogen-bond donors (Lipinski definition) is 1. The first-order chi connectivity index (χ1) is 11.8. The first-order valence-electron chi connectivity index (χ1n) is 7.65. The van der Waals surface area contributed by atoms with E-state index in [2.05, 4.69) is 21.2 Å². The van der Waals surface area contributed by atoms with E-state index in [1.54, 1.807) is 24.3 Å². The third kappa shape index (κ3) is 6.07. The lowest BCUT2D eigenvalue weighted by Crippen LogP contribution is -2.33. The average molecular weight is 466 g/mol. The summed E-state index contributed by atoms with van der Waals surface area (Å²) in [6, 6.07) is 16.4. The Hall–Kier alpha value is -0.940. The summed E-state index contributed by atoms with van der Waals surface area (Å²) in [5, 5.41) is 2.82. The van der Waals surface area contributed by atoms with E-state index in [4.69, 9.17) is 39.5 Å². The van der Waals surface area contributed by atoms with Crippen molar-refractivity contribution in [2.75, 3.05) is 0 Å². The Balaban J connectivity index is 2.11. The zero-order valence-corrected chi connectivity index (χ0v) is 17.2. The molecule has 2 aromatic rings. The van der Waals surface area contributed by atoms with Crippen molar-refractivity contribution >= 4 is 56.8 Å². The van der Waals surface area contributed by atoms with Crippen LogP contribution in [0.4, 0.5) is 4.79 Å². The number of alkyl halides is 3. The maximum absolute atomic E-state index is 12.4. The number of carbonyl (C=O) groups excluding carboxylic acids is 1. The summed E-state index contributed by atoms with van der Waals surface area (Å²) in [6.07, 6.45) is -0.961. The van der Waals surface area contributed by atoms with Gasteiger partial charge in [-0.05, 0) is 29.7 Å². The number of halogens is 4. The van der Waals surface area contributed by atoms with E-state index >= 15 is 0 Å². The van der Waals surface area contributed by atoms with Crippen LogP contribution in [0, 0.1) is 0 Å². The predicted molar refractivity (Wildman–Crippen MR) is 106 cm³/mol. The van der Waals surface area contributed by atoms with Gasteiger partial charge in [0, 0.05) is 4.47 Å². The van der Waals surface area contributed by atoms with Gasteiger partial charge in [-0.2, -0.15) is 0 Å². The topological polar surface area (TPSA) is 38.3 Å². The van der Waals surface area contributed by atoms with Crippen molar-refractivity contribution < 1.29 is 9.53 Å². The normalized spacial score (nSPS) is 13.8. The van der Waals surface area contributed by atoms with Gasteiger partial charge in [0.1, 0.15) is 0 Å². The standard InChI is InChI=1S/C18H17BrCl3NO2/c1-2-15(12-8-10-14(19)11-9-12)23-17(24)25-16(18(20,21)22)13-6-4-3-5-7-13/h3-11,15-16H,2H2,1H3,(H,23,24)/t15-,16-/m1/s1. The van der Waals surface area contributed by atoms with Crippen LogP contribution in [0.2, 0.25) is 0 Å². The number of rotatable bonds is 5. The van der Waals surface area contributed by atoms with Crippen LogP contribution in [0.3, 0.4) is 0 Å². The van der Waals surface area contributed by atoms with Crippen molar-refractivity contribution in [3.63, 3.8) is 0 Å². The predicted octanol–water partition coefficient (Wildman–Crippen LogP) is 6.74. The molecule has 134 valence electrons. The number of nitrogens with one attached hydrogen (secondary N) is 1. The molecule has 0 bridgehead atoms. The maximum Gasteiger partial charge on any atom is 0.408 e. The van der Waals surface area contributed by atoms with Gasteiger partial charge in [0.05, 0.1) is 6.04 Å². The van der Waals surface area contributed by atoms with Gasteiger partial charge in [0.2, 0.25) is 3.79 Å². The Morgan fingerprint density at radius 1 is 1.08 bits per heavy atom. The molecule has 1 N–H and O–H groups in total. The molecule has 2 rings (SSSR count). The van der Waals surface area contributed by atoms with E-state index in [-0.39, 0.29) is 6.04 Å². The van der Waals surface area contributed by atoms with Gasteiger partial charge in [0.25, 0.3) is 0 Å². The van der Waals surface area contributed by atoms with Gasteiger partial charge in [-0.1, -0.05) is 100 Å². The molecule has 0 fully saturated rings. The van der Waals surface area contributed by atoms with Crippen LogP contribution < -0.4 is 5.32 Å². The van der Waals surface area contributed by atoms with Crippen molar-refractivity contribution in [1.29, 1.82) is 0 Å². The average Bonchev–Trinajstić information content (AvgIpc) is 2.58. The summed E-state index contributed by atoms with van der Waals surface area (Å²) in [5.41, 5.74) is 1.57.